The Morgan fingerprint density at radius 2 is 1.63 bits per heavy atom. The molecule has 1 heterocycles. The predicted octanol–water partition coefficient (Wildman–Crippen LogP) is 2.15. The fourth-order valence-corrected chi connectivity index (χ4v) is 3.75. The Bertz CT molecular complexity index is 1190. The molecule has 0 bridgehead atoms. The number of hydrogen-bond donors (Lipinski definition) is 2. The molecule has 0 unspecified atom stereocenters. The maximum absolute atomic E-state index is 12.9. The van der Waals surface area contributed by atoms with Gasteiger partial charge < -0.3 is 9.47 Å². The van der Waals surface area contributed by atoms with Crippen molar-refractivity contribution in [2.45, 2.75) is 11.8 Å². The Morgan fingerprint density at radius 1 is 1.00 bits per heavy atom. The van der Waals surface area contributed by atoms with Gasteiger partial charge in [0.1, 0.15) is 5.82 Å². The summed E-state index contributed by atoms with van der Waals surface area (Å²) in [5.74, 6) is -0.557. The van der Waals surface area contributed by atoms with Crippen LogP contribution in [0.15, 0.2) is 47.4 Å². The summed E-state index contributed by atoms with van der Waals surface area (Å²) in [6, 6.07) is 9.91. The number of sulfonamides is 1. The van der Waals surface area contributed by atoms with Crippen LogP contribution >= 0.6 is 0 Å². The van der Waals surface area contributed by atoms with Crippen molar-refractivity contribution in [2.24, 2.45) is 0 Å². The summed E-state index contributed by atoms with van der Waals surface area (Å²) in [5.41, 5.74) is 0.632. The van der Waals surface area contributed by atoms with E-state index in [4.69, 9.17) is 0 Å². The molecule has 0 saturated heterocycles. The van der Waals surface area contributed by atoms with Crippen LogP contribution in [-0.2, 0) is 19.5 Å². The van der Waals surface area contributed by atoms with Crippen LogP contribution in [0, 0.1) is 6.92 Å². The summed E-state index contributed by atoms with van der Waals surface area (Å²) < 4.78 is 37.5. The zero-order valence-corrected chi connectivity index (χ0v) is 17.1. The van der Waals surface area contributed by atoms with Crippen molar-refractivity contribution in [3.8, 4) is 11.4 Å². The van der Waals surface area contributed by atoms with Gasteiger partial charge in [-0.25, -0.2) is 23.0 Å². The van der Waals surface area contributed by atoms with Gasteiger partial charge in [0.25, 0.3) is 10.0 Å². The number of esters is 2. The van der Waals surface area contributed by atoms with Crippen molar-refractivity contribution >= 4 is 27.6 Å². The van der Waals surface area contributed by atoms with Crippen LogP contribution in [0.4, 0.5) is 5.69 Å². The van der Waals surface area contributed by atoms with E-state index in [0.29, 0.717) is 17.2 Å². The van der Waals surface area contributed by atoms with Crippen molar-refractivity contribution in [2.75, 3.05) is 18.9 Å². The molecule has 0 saturated carbocycles. The summed E-state index contributed by atoms with van der Waals surface area (Å²) >= 11 is 0. The van der Waals surface area contributed by atoms with Gasteiger partial charge in [-0.05, 0) is 37.3 Å². The molecule has 2 N–H and O–H groups in total. The number of nitrogens with zero attached hydrogens (tertiary/aromatic N) is 2. The lowest BCUT2D eigenvalue weighted by Gasteiger charge is -2.11. The molecule has 1 aromatic heterocycles. The fraction of sp³-hybridized carbons (Fsp3) is 0.158. The molecule has 0 spiro atoms. The molecule has 156 valence electrons. The highest BCUT2D eigenvalue weighted by Crippen LogP contribution is 2.23. The molecule has 0 amide bonds. The topological polar surface area (TPSA) is 140 Å². The smallest absolute Gasteiger partial charge is 0.337 e. The summed E-state index contributed by atoms with van der Waals surface area (Å²) in [7, 11) is -1.85. The normalized spacial score (nSPS) is 11.0. The van der Waals surface area contributed by atoms with Crippen molar-refractivity contribution in [1.29, 1.82) is 0 Å². The van der Waals surface area contributed by atoms with Gasteiger partial charge in [-0.2, -0.15) is 5.10 Å². The molecule has 3 aromatic rings. The number of carbonyl (C=O) groups is 2. The highest BCUT2D eigenvalue weighted by molar-refractivity contribution is 7.92. The second-order valence-electron chi connectivity index (χ2n) is 6.16. The van der Waals surface area contributed by atoms with Crippen LogP contribution in [-0.4, -0.2) is 49.8 Å². The van der Waals surface area contributed by atoms with Gasteiger partial charge in [0.15, 0.2) is 5.82 Å². The summed E-state index contributed by atoms with van der Waals surface area (Å²) in [4.78, 5) is 27.7. The maximum Gasteiger partial charge on any atom is 0.337 e. The lowest BCUT2D eigenvalue weighted by atomic mass is 10.1. The zero-order chi connectivity index (χ0) is 21.9. The molecule has 2 aromatic carbocycles. The lowest BCUT2D eigenvalue weighted by Crippen LogP contribution is -2.16. The van der Waals surface area contributed by atoms with Gasteiger partial charge in [0.2, 0.25) is 0 Å². The average Bonchev–Trinajstić information content (AvgIpc) is 3.18. The number of H-pyrrole nitrogens is 1. The van der Waals surface area contributed by atoms with Crippen LogP contribution in [0.25, 0.3) is 11.4 Å². The number of aromatic amines is 1. The third-order valence-electron chi connectivity index (χ3n) is 4.03. The Morgan fingerprint density at radius 3 is 2.17 bits per heavy atom. The fourth-order valence-electron chi connectivity index (χ4n) is 2.63. The highest BCUT2D eigenvalue weighted by Gasteiger charge is 2.21. The minimum atomic E-state index is -4.15. The number of hydrogen-bond acceptors (Lipinski definition) is 8. The molecular weight excluding hydrogens is 412 g/mol. The second kappa shape index (κ2) is 8.33. The first-order valence-electron chi connectivity index (χ1n) is 8.57. The van der Waals surface area contributed by atoms with Crippen molar-refractivity contribution in [3.63, 3.8) is 0 Å². The van der Waals surface area contributed by atoms with Gasteiger partial charge in [0, 0.05) is 11.3 Å². The number of aromatic nitrogens is 3. The van der Waals surface area contributed by atoms with Gasteiger partial charge in [-0.3, -0.25) is 9.82 Å². The van der Waals surface area contributed by atoms with E-state index < -0.39 is 22.0 Å². The quantitative estimate of drug-likeness (QED) is 0.567. The van der Waals surface area contributed by atoms with Crippen LogP contribution < -0.4 is 4.72 Å². The predicted molar refractivity (Wildman–Crippen MR) is 106 cm³/mol. The van der Waals surface area contributed by atoms with Gasteiger partial charge >= 0.3 is 11.9 Å². The van der Waals surface area contributed by atoms with E-state index in [0.717, 1.165) is 26.4 Å². The molecule has 0 aliphatic rings. The Kier molecular flexibility index (Phi) is 5.83. The van der Waals surface area contributed by atoms with E-state index in [1.807, 2.05) is 0 Å². The van der Waals surface area contributed by atoms with Crippen molar-refractivity contribution in [1.82, 2.24) is 15.2 Å². The largest absolute Gasteiger partial charge is 0.465 e. The molecular formula is C19H18N4O6S. The van der Waals surface area contributed by atoms with Gasteiger partial charge in [-0.15, -0.1) is 0 Å². The summed E-state index contributed by atoms with van der Waals surface area (Å²) in [6.45, 7) is 1.75. The lowest BCUT2D eigenvalue weighted by molar-refractivity contribution is 0.0598. The Labute approximate surface area is 172 Å². The molecule has 0 atom stereocenters. The first-order chi connectivity index (χ1) is 14.2. The molecule has 30 heavy (non-hydrogen) atoms. The van der Waals surface area contributed by atoms with Crippen LogP contribution in [0.1, 0.15) is 26.5 Å². The number of benzene rings is 2. The monoisotopic (exact) mass is 430 g/mol. The minimum absolute atomic E-state index is 0.106. The van der Waals surface area contributed by atoms with Crippen LogP contribution in [0.5, 0.6) is 0 Å². The number of nitrogens with one attached hydrogen (secondary N) is 2. The SMILES string of the molecule is COC(=O)c1cc(C(=O)OC)cc(S(=O)(=O)Nc2cccc(-c3n[nH]c(C)n3)c2)c1. The van der Waals surface area contributed by atoms with E-state index in [1.54, 1.807) is 31.2 Å². The van der Waals surface area contributed by atoms with Crippen molar-refractivity contribution in [3.05, 3.63) is 59.4 Å². The Balaban J connectivity index is 1.99. The van der Waals surface area contributed by atoms with Crippen molar-refractivity contribution < 1.29 is 27.5 Å². The average molecular weight is 430 g/mol. The van der Waals surface area contributed by atoms with Gasteiger partial charge in [0.05, 0.1) is 30.2 Å². The van der Waals surface area contributed by atoms with Crippen LogP contribution in [0.3, 0.4) is 0 Å². The molecule has 10 nitrogen and oxygen atoms in total. The number of ether oxygens (including phenoxy) is 2. The summed E-state index contributed by atoms with van der Waals surface area (Å²) in [5, 5.41) is 6.76. The molecule has 0 aliphatic carbocycles. The van der Waals surface area contributed by atoms with E-state index in [-0.39, 0.29) is 21.7 Å². The summed E-state index contributed by atoms with van der Waals surface area (Å²) in [6.07, 6.45) is 0. The number of anilines is 1. The molecule has 3 rings (SSSR count). The maximum atomic E-state index is 12.9. The Hall–Kier alpha value is -3.73. The third-order valence-corrected chi connectivity index (χ3v) is 5.39. The van der Waals surface area contributed by atoms with Crippen LogP contribution in [0.2, 0.25) is 0 Å². The third kappa shape index (κ3) is 4.46. The molecule has 0 radical (unpaired) electrons. The number of aryl methyl sites for hydroxylation is 1. The number of methoxy groups -OCH3 is 2. The first-order valence-corrected chi connectivity index (χ1v) is 10.1. The molecule has 0 fully saturated rings. The highest BCUT2D eigenvalue weighted by atomic mass is 32.2. The van der Waals surface area contributed by atoms with E-state index in [9.17, 15) is 18.0 Å². The minimum Gasteiger partial charge on any atom is -0.465 e. The number of rotatable bonds is 6. The second-order valence-corrected chi connectivity index (χ2v) is 7.84. The first kappa shape index (κ1) is 21.0. The van der Waals surface area contributed by atoms with E-state index in [1.165, 1.54) is 6.07 Å². The standard InChI is InChI=1S/C19H18N4O6S/c1-11-20-17(22-21-11)12-5-4-6-15(8-12)23-30(26,27)16-9-13(18(24)28-2)7-14(10-16)19(25)29-3/h4-10,23H,1-3H3,(H,20,21,22). The number of carbonyl (C=O) groups excluding carboxylic acids is 2. The zero-order valence-electron chi connectivity index (χ0n) is 16.3. The molecule has 11 heteroatoms. The van der Waals surface area contributed by atoms with E-state index in [2.05, 4.69) is 29.4 Å². The van der Waals surface area contributed by atoms with E-state index >= 15 is 0 Å². The van der Waals surface area contributed by atoms with Gasteiger partial charge in [-0.1, -0.05) is 12.1 Å². The molecule has 0 aliphatic heterocycles.